The lowest BCUT2D eigenvalue weighted by Crippen LogP contribution is -2.38. The molecule has 30 heavy (non-hydrogen) atoms. The number of benzene rings is 2. The molecule has 3 rings (SSSR count). The van der Waals surface area contributed by atoms with Crippen molar-refractivity contribution in [2.45, 2.75) is 44.6 Å². The van der Waals surface area contributed by atoms with Gasteiger partial charge in [-0.15, -0.1) is 0 Å². The summed E-state index contributed by atoms with van der Waals surface area (Å²) in [7, 11) is -3.90. The fourth-order valence-electron chi connectivity index (χ4n) is 3.32. The van der Waals surface area contributed by atoms with Gasteiger partial charge in [-0.2, -0.15) is 0 Å². The SMILES string of the molecule is Cc1ccc(NS(=O)(=O)c2cc(C(=O)OC(C)C(=O)N3CCCC3)ccc2C)cc1. The molecule has 1 aliphatic heterocycles. The quantitative estimate of drug-likeness (QED) is 0.710. The molecular weight excluding hydrogens is 404 g/mol. The number of nitrogens with zero attached hydrogens (tertiary/aromatic N) is 1. The molecule has 0 saturated carbocycles. The average molecular weight is 431 g/mol. The Hall–Kier alpha value is -2.87. The normalized spacial score (nSPS) is 15.0. The van der Waals surface area contributed by atoms with Gasteiger partial charge in [0, 0.05) is 18.8 Å². The zero-order valence-corrected chi connectivity index (χ0v) is 18.2. The zero-order valence-electron chi connectivity index (χ0n) is 17.3. The van der Waals surface area contributed by atoms with E-state index in [9.17, 15) is 18.0 Å². The first-order valence-corrected chi connectivity index (χ1v) is 11.4. The number of hydrogen-bond donors (Lipinski definition) is 1. The van der Waals surface area contributed by atoms with Crippen molar-refractivity contribution in [1.82, 2.24) is 4.90 Å². The molecule has 1 aliphatic rings. The minimum Gasteiger partial charge on any atom is -0.449 e. The van der Waals surface area contributed by atoms with Gasteiger partial charge in [0.05, 0.1) is 10.5 Å². The first kappa shape index (κ1) is 21.8. The Morgan fingerprint density at radius 2 is 1.67 bits per heavy atom. The van der Waals surface area contributed by atoms with Gasteiger partial charge >= 0.3 is 5.97 Å². The number of likely N-dealkylation sites (tertiary alicyclic amines) is 1. The maximum Gasteiger partial charge on any atom is 0.338 e. The molecule has 8 heteroatoms. The maximum absolute atomic E-state index is 12.9. The van der Waals surface area contributed by atoms with Gasteiger partial charge in [-0.1, -0.05) is 23.8 Å². The smallest absolute Gasteiger partial charge is 0.338 e. The van der Waals surface area contributed by atoms with E-state index in [-0.39, 0.29) is 16.4 Å². The van der Waals surface area contributed by atoms with Gasteiger partial charge in [0.1, 0.15) is 0 Å². The molecule has 1 amide bonds. The molecule has 1 heterocycles. The van der Waals surface area contributed by atoms with Crippen molar-refractivity contribution in [3.05, 3.63) is 59.2 Å². The van der Waals surface area contributed by atoms with E-state index >= 15 is 0 Å². The van der Waals surface area contributed by atoms with E-state index in [4.69, 9.17) is 4.74 Å². The van der Waals surface area contributed by atoms with Crippen molar-refractivity contribution >= 4 is 27.6 Å². The molecule has 1 fully saturated rings. The van der Waals surface area contributed by atoms with Crippen LogP contribution >= 0.6 is 0 Å². The standard InChI is InChI=1S/C22H26N2O5S/c1-15-6-10-19(11-7-15)23-30(27,28)20-14-18(9-8-16(20)2)22(26)29-17(3)21(25)24-12-4-5-13-24/h6-11,14,17,23H,4-5,12-13H2,1-3H3. The largest absolute Gasteiger partial charge is 0.449 e. The summed E-state index contributed by atoms with van der Waals surface area (Å²) in [5, 5.41) is 0. The molecule has 0 aliphatic carbocycles. The summed E-state index contributed by atoms with van der Waals surface area (Å²) < 4.78 is 33.6. The third-order valence-electron chi connectivity index (χ3n) is 5.07. The highest BCUT2D eigenvalue weighted by molar-refractivity contribution is 7.92. The van der Waals surface area contributed by atoms with Crippen molar-refractivity contribution in [2.75, 3.05) is 17.8 Å². The van der Waals surface area contributed by atoms with Crippen LogP contribution in [0.4, 0.5) is 5.69 Å². The summed E-state index contributed by atoms with van der Waals surface area (Å²) in [5.74, 6) is -0.969. The van der Waals surface area contributed by atoms with E-state index in [1.807, 2.05) is 6.92 Å². The number of anilines is 1. The van der Waals surface area contributed by atoms with Crippen LogP contribution in [0.5, 0.6) is 0 Å². The summed E-state index contributed by atoms with van der Waals surface area (Å²) in [5.41, 5.74) is 2.01. The number of carbonyl (C=O) groups is 2. The van der Waals surface area contributed by atoms with Crippen molar-refractivity contribution in [1.29, 1.82) is 0 Å². The molecule has 1 saturated heterocycles. The Morgan fingerprint density at radius 3 is 2.30 bits per heavy atom. The Kier molecular flexibility index (Phi) is 6.45. The van der Waals surface area contributed by atoms with Crippen molar-refractivity contribution in [2.24, 2.45) is 0 Å². The minimum atomic E-state index is -3.90. The monoisotopic (exact) mass is 430 g/mol. The third kappa shape index (κ3) is 4.99. The number of hydrogen-bond acceptors (Lipinski definition) is 5. The maximum atomic E-state index is 12.9. The second-order valence-corrected chi connectivity index (χ2v) is 9.18. The van der Waals surface area contributed by atoms with E-state index in [2.05, 4.69) is 4.72 Å². The summed E-state index contributed by atoms with van der Waals surface area (Å²) >= 11 is 0. The Morgan fingerprint density at radius 1 is 1.03 bits per heavy atom. The number of nitrogens with one attached hydrogen (secondary N) is 1. The molecule has 1 N–H and O–H groups in total. The summed E-state index contributed by atoms with van der Waals surface area (Å²) in [4.78, 5) is 26.6. The molecule has 1 atom stereocenters. The zero-order chi connectivity index (χ0) is 21.9. The first-order chi connectivity index (χ1) is 14.2. The van der Waals surface area contributed by atoms with Gasteiger partial charge in [0.15, 0.2) is 6.10 Å². The Bertz CT molecular complexity index is 1040. The molecule has 0 aromatic heterocycles. The molecule has 1 unspecified atom stereocenters. The van der Waals surface area contributed by atoms with Crippen molar-refractivity contribution < 1.29 is 22.7 Å². The number of carbonyl (C=O) groups excluding carboxylic acids is 2. The van der Waals surface area contributed by atoms with Gasteiger partial charge < -0.3 is 9.64 Å². The fraction of sp³-hybridized carbons (Fsp3) is 0.364. The molecule has 0 spiro atoms. The van der Waals surface area contributed by atoms with Crippen LogP contribution in [0.15, 0.2) is 47.4 Å². The van der Waals surface area contributed by atoms with Gasteiger partial charge in [0.25, 0.3) is 15.9 Å². The predicted octanol–water partition coefficient (Wildman–Crippen LogP) is 3.27. The second kappa shape index (κ2) is 8.87. The lowest BCUT2D eigenvalue weighted by molar-refractivity contribution is -0.138. The number of sulfonamides is 1. The highest BCUT2D eigenvalue weighted by atomic mass is 32.2. The van der Waals surface area contributed by atoms with E-state index in [0.29, 0.717) is 24.3 Å². The number of esters is 1. The summed E-state index contributed by atoms with van der Waals surface area (Å²) in [6.45, 7) is 6.42. The van der Waals surface area contributed by atoms with E-state index in [0.717, 1.165) is 18.4 Å². The summed E-state index contributed by atoms with van der Waals surface area (Å²) in [6.07, 6.45) is 0.960. The molecule has 2 aromatic carbocycles. The number of aryl methyl sites for hydroxylation is 2. The van der Waals surface area contributed by atoms with Gasteiger partial charge in [0.2, 0.25) is 0 Å². The Labute approximate surface area is 177 Å². The highest BCUT2D eigenvalue weighted by Crippen LogP contribution is 2.22. The third-order valence-corrected chi connectivity index (χ3v) is 6.59. The van der Waals surface area contributed by atoms with Crippen LogP contribution in [0, 0.1) is 13.8 Å². The van der Waals surface area contributed by atoms with Crippen LogP contribution in [0.1, 0.15) is 41.3 Å². The summed E-state index contributed by atoms with van der Waals surface area (Å²) in [6, 6.07) is 11.3. The lowest BCUT2D eigenvalue weighted by atomic mass is 10.1. The lowest BCUT2D eigenvalue weighted by Gasteiger charge is -2.20. The minimum absolute atomic E-state index is 0.0175. The molecule has 0 radical (unpaired) electrons. The van der Waals surface area contributed by atoms with Crippen LogP contribution in [0.25, 0.3) is 0 Å². The van der Waals surface area contributed by atoms with E-state index in [1.165, 1.54) is 19.1 Å². The van der Waals surface area contributed by atoms with Crippen LogP contribution in [0.2, 0.25) is 0 Å². The highest BCUT2D eigenvalue weighted by Gasteiger charge is 2.27. The van der Waals surface area contributed by atoms with Crippen LogP contribution in [-0.4, -0.2) is 44.4 Å². The Balaban J connectivity index is 1.77. The molecular formula is C22H26N2O5S. The van der Waals surface area contributed by atoms with Gasteiger partial charge in [-0.05, 0) is 63.4 Å². The average Bonchev–Trinajstić information content (AvgIpc) is 3.23. The predicted molar refractivity (Wildman–Crippen MR) is 114 cm³/mol. The fourth-order valence-corrected chi connectivity index (χ4v) is 4.65. The van der Waals surface area contributed by atoms with E-state index in [1.54, 1.807) is 42.2 Å². The molecule has 2 aromatic rings. The number of rotatable bonds is 6. The van der Waals surface area contributed by atoms with Crippen LogP contribution in [0.3, 0.4) is 0 Å². The molecule has 7 nitrogen and oxygen atoms in total. The topological polar surface area (TPSA) is 92.8 Å². The van der Waals surface area contributed by atoms with Crippen LogP contribution < -0.4 is 4.72 Å². The van der Waals surface area contributed by atoms with Crippen LogP contribution in [-0.2, 0) is 19.6 Å². The van der Waals surface area contributed by atoms with Crippen molar-refractivity contribution in [3.8, 4) is 0 Å². The van der Waals surface area contributed by atoms with Gasteiger partial charge in [-0.3, -0.25) is 9.52 Å². The van der Waals surface area contributed by atoms with Gasteiger partial charge in [-0.25, -0.2) is 13.2 Å². The first-order valence-electron chi connectivity index (χ1n) is 9.87. The van der Waals surface area contributed by atoms with Crippen molar-refractivity contribution in [3.63, 3.8) is 0 Å². The van der Waals surface area contributed by atoms with E-state index < -0.39 is 22.1 Å². The molecule has 0 bridgehead atoms. The second-order valence-electron chi connectivity index (χ2n) is 7.53. The number of amides is 1. The number of ether oxygens (including phenoxy) is 1. The molecule has 160 valence electrons.